The molecule has 1 N–H and O–H groups in total. The predicted molar refractivity (Wildman–Crippen MR) is 104 cm³/mol. The molecule has 0 spiro atoms. The van der Waals surface area contributed by atoms with Crippen LogP contribution in [0.25, 0.3) is 0 Å². The highest BCUT2D eigenvalue weighted by Crippen LogP contribution is 2.50. The van der Waals surface area contributed by atoms with Gasteiger partial charge in [-0.1, -0.05) is 17.3 Å². The van der Waals surface area contributed by atoms with Crippen LogP contribution >= 0.6 is 0 Å². The first-order valence-electron chi connectivity index (χ1n) is 9.21. The number of oxime groups is 1. The summed E-state index contributed by atoms with van der Waals surface area (Å²) >= 11 is 0. The number of hydrogen-bond donors (Lipinski definition) is 1. The van der Waals surface area contributed by atoms with E-state index in [2.05, 4.69) is 17.1 Å². The van der Waals surface area contributed by atoms with E-state index in [-0.39, 0.29) is 12.8 Å². The first-order chi connectivity index (χ1) is 13.7. The fraction of sp³-hybridized carbons (Fsp3) is 0.381. The zero-order valence-corrected chi connectivity index (χ0v) is 16.3. The molecule has 2 aliphatic rings. The molecule has 1 unspecified atom stereocenters. The zero-order valence-electron chi connectivity index (χ0n) is 16.3. The van der Waals surface area contributed by atoms with Gasteiger partial charge in [-0.25, -0.2) is 0 Å². The van der Waals surface area contributed by atoms with E-state index in [0.29, 0.717) is 29.4 Å². The second-order valence-corrected chi connectivity index (χ2v) is 6.91. The Morgan fingerprint density at radius 2 is 2.07 bits per heavy atom. The molecule has 0 radical (unpaired) electrons. The second-order valence-electron chi connectivity index (χ2n) is 6.91. The number of benzene rings is 2. The standard InChI is InChI=1S/C21H24N2O5/c1-23-9-8-13-10-18-20(28-12-27-18)21(26-3)19(13)16(23)11-15(22-24)14-6-4-5-7-17(14)25-2/h4-7,10,16,24H,8-9,11-12H2,1-3H3. The summed E-state index contributed by atoms with van der Waals surface area (Å²) in [6.45, 7) is 1.07. The summed E-state index contributed by atoms with van der Waals surface area (Å²) in [4.78, 5) is 2.24. The summed E-state index contributed by atoms with van der Waals surface area (Å²) < 4.78 is 22.4. The summed E-state index contributed by atoms with van der Waals surface area (Å²) in [6.07, 6.45) is 1.38. The van der Waals surface area contributed by atoms with Gasteiger partial charge in [-0.05, 0) is 37.2 Å². The van der Waals surface area contributed by atoms with Crippen LogP contribution in [0.4, 0.5) is 0 Å². The van der Waals surface area contributed by atoms with Gasteiger partial charge >= 0.3 is 0 Å². The van der Waals surface area contributed by atoms with Crippen molar-refractivity contribution >= 4 is 5.71 Å². The Morgan fingerprint density at radius 1 is 1.25 bits per heavy atom. The van der Waals surface area contributed by atoms with E-state index in [1.54, 1.807) is 14.2 Å². The summed E-state index contributed by atoms with van der Waals surface area (Å²) in [7, 11) is 5.32. The van der Waals surface area contributed by atoms with Gasteiger partial charge in [0.2, 0.25) is 12.5 Å². The Labute approximate surface area is 164 Å². The maximum absolute atomic E-state index is 9.78. The van der Waals surface area contributed by atoms with Gasteiger partial charge in [0.25, 0.3) is 0 Å². The van der Waals surface area contributed by atoms with Crippen molar-refractivity contribution in [1.82, 2.24) is 4.90 Å². The molecule has 0 aromatic heterocycles. The molecule has 148 valence electrons. The Hall–Kier alpha value is -2.93. The molecule has 0 saturated heterocycles. The molecule has 1 atom stereocenters. The fourth-order valence-electron chi connectivity index (χ4n) is 4.05. The first kappa shape index (κ1) is 18.4. The van der Waals surface area contributed by atoms with Crippen LogP contribution in [0.1, 0.15) is 29.2 Å². The lowest BCUT2D eigenvalue weighted by Crippen LogP contribution is -2.34. The topological polar surface area (TPSA) is 72.8 Å². The average molecular weight is 384 g/mol. The van der Waals surface area contributed by atoms with Crippen molar-refractivity contribution in [3.05, 3.63) is 47.0 Å². The van der Waals surface area contributed by atoms with Crippen molar-refractivity contribution in [3.63, 3.8) is 0 Å². The van der Waals surface area contributed by atoms with Gasteiger partial charge in [0.05, 0.1) is 19.9 Å². The molecule has 7 heteroatoms. The second kappa shape index (κ2) is 7.59. The molecular weight excluding hydrogens is 360 g/mol. The molecule has 0 bridgehead atoms. The molecule has 0 fully saturated rings. The SMILES string of the molecule is COc1ccccc1C(CC1c2c(cc3c(c2OC)OCO3)CCN1C)=NO. The Balaban J connectivity index is 1.77. The van der Waals surface area contributed by atoms with Crippen LogP contribution in [0, 0.1) is 0 Å². The number of methoxy groups -OCH3 is 2. The van der Waals surface area contributed by atoms with Gasteiger partial charge in [0.1, 0.15) is 5.75 Å². The summed E-state index contributed by atoms with van der Waals surface area (Å²) in [5.41, 5.74) is 3.55. The van der Waals surface area contributed by atoms with Crippen LogP contribution in [0.5, 0.6) is 23.0 Å². The number of rotatable bonds is 5. The minimum atomic E-state index is -0.0380. The number of ether oxygens (including phenoxy) is 4. The van der Waals surface area contributed by atoms with Crippen molar-refractivity contribution < 1.29 is 24.2 Å². The minimum absolute atomic E-state index is 0.0380. The smallest absolute Gasteiger partial charge is 0.231 e. The highest BCUT2D eigenvalue weighted by atomic mass is 16.7. The van der Waals surface area contributed by atoms with Crippen LogP contribution in [0.3, 0.4) is 0 Å². The molecule has 4 rings (SSSR count). The van der Waals surface area contributed by atoms with Crippen LogP contribution in [0.2, 0.25) is 0 Å². The average Bonchev–Trinajstić information content (AvgIpc) is 3.20. The lowest BCUT2D eigenvalue weighted by molar-refractivity contribution is 0.170. The molecular formula is C21H24N2O5. The molecule has 28 heavy (non-hydrogen) atoms. The predicted octanol–water partition coefficient (Wildman–Crippen LogP) is 3.23. The first-order valence-corrected chi connectivity index (χ1v) is 9.21. The lowest BCUT2D eigenvalue weighted by atomic mass is 9.87. The molecule has 0 aliphatic carbocycles. The summed E-state index contributed by atoms with van der Waals surface area (Å²) in [5.74, 6) is 2.73. The van der Waals surface area contributed by atoms with E-state index in [9.17, 15) is 5.21 Å². The number of hydrogen-bond acceptors (Lipinski definition) is 7. The van der Waals surface area contributed by atoms with Gasteiger partial charge in [0.15, 0.2) is 11.5 Å². The Bertz CT molecular complexity index is 912. The fourth-order valence-corrected chi connectivity index (χ4v) is 4.05. The number of nitrogens with zero attached hydrogens (tertiary/aromatic N) is 2. The van der Waals surface area contributed by atoms with E-state index in [1.165, 1.54) is 5.56 Å². The molecule has 0 amide bonds. The van der Waals surface area contributed by atoms with Crippen LogP contribution < -0.4 is 18.9 Å². The van der Waals surface area contributed by atoms with Gasteiger partial charge in [-0.2, -0.15) is 0 Å². The third kappa shape index (κ3) is 3.01. The van der Waals surface area contributed by atoms with Gasteiger partial charge in [-0.15, -0.1) is 0 Å². The van der Waals surface area contributed by atoms with E-state index in [1.807, 2.05) is 30.3 Å². The summed E-state index contributed by atoms with van der Waals surface area (Å²) in [5, 5.41) is 13.4. The van der Waals surface area contributed by atoms with Crippen molar-refractivity contribution in [2.24, 2.45) is 5.16 Å². The number of fused-ring (bicyclic) bond motifs is 2. The number of para-hydroxylation sites is 1. The Kier molecular flexibility index (Phi) is 5.00. The third-order valence-corrected chi connectivity index (χ3v) is 5.47. The highest BCUT2D eigenvalue weighted by Gasteiger charge is 2.35. The monoisotopic (exact) mass is 384 g/mol. The molecule has 2 aromatic rings. The van der Waals surface area contributed by atoms with Crippen molar-refractivity contribution in [3.8, 4) is 23.0 Å². The quantitative estimate of drug-likeness (QED) is 0.485. The normalized spacial score (nSPS) is 18.7. The van der Waals surface area contributed by atoms with Crippen LogP contribution in [-0.2, 0) is 6.42 Å². The third-order valence-electron chi connectivity index (χ3n) is 5.47. The Morgan fingerprint density at radius 3 is 2.82 bits per heavy atom. The van der Waals surface area contributed by atoms with Gasteiger partial charge < -0.3 is 24.2 Å². The zero-order chi connectivity index (χ0) is 19.7. The molecule has 7 nitrogen and oxygen atoms in total. The van der Waals surface area contributed by atoms with Crippen LogP contribution in [0.15, 0.2) is 35.5 Å². The van der Waals surface area contributed by atoms with Gasteiger partial charge in [-0.3, -0.25) is 4.90 Å². The molecule has 0 saturated carbocycles. The van der Waals surface area contributed by atoms with Crippen molar-refractivity contribution in [2.45, 2.75) is 18.9 Å². The van der Waals surface area contributed by atoms with Crippen molar-refractivity contribution in [2.75, 3.05) is 34.6 Å². The summed E-state index contributed by atoms with van der Waals surface area (Å²) in [6, 6.07) is 9.55. The molecule has 2 aliphatic heterocycles. The largest absolute Gasteiger partial charge is 0.496 e. The van der Waals surface area contributed by atoms with E-state index in [0.717, 1.165) is 29.8 Å². The molecule has 2 heterocycles. The van der Waals surface area contributed by atoms with E-state index < -0.39 is 0 Å². The maximum atomic E-state index is 9.78. The maximum Gasteiger partial charge on any atom is 0.231 e. The van der Waals surface area contributed by atoms with Crippen LogP contribution in [-0.4, -0.2) is 50.4 Å². The van der Waals surface area contributed by atoms with Crippen molar-refractivity contribution in [1.29, 1.82) is 0 Å². The molecule has 2 aromatic carbocycles. The number of likely N-dealkylation sites (N-methyl/N-ethyl adjacent to an activating group) is 1. The van der Waals surface area contributed by atoms with Gasteiger partial charge in [0, 0.05) is 30.1 Å². The minimum Gasteiger partial charge on any atom is -0.496 e. The lowest BCUT2D eigenvalue weighted by Gasteiger charge is -2.36. The van der Waals surface area contributed by atoms with E-state index >= 15 is 0 Å². The highest BCUT2D eigenvalue weighted by molar-refractivity contribution is 6.03. The van der Waals surface area contributed by atoms with E-state index in [4.69, 9.17) is 18.9 Å².